The summed E-state index contributed by atoms with van der Waals surface area (Å²) in [5.41, 5.74) is 2.74. The highest BCUT2D eigenvalue weighted by atomic mass is 35.5. The summed E-state index contributed by atoms with van der Waals surface area (Å²) in [6.07, 6.45) is 3.88. The molecule has 0 aliphatic carbocycles. The van der Waals surface area contributed by atoms with Crippen LogP contribution in [-0.2, 0) is 6.42 Å². The van der Waals surface area contributed by atoms with E-state index in [1.807, 2.05) is 36.4 Å². The molecule has 28 heavy (non-hydrogen) atoms. The molecule has 0 saturated carbocycles. The number of nitrogens with zero attached hydrogens (tertiary/aromatic N) is 2. The molecule has 1 unspecified atom stereocenters. The number of aromatic hydroxyl groups is 1. The monoisotopic (exact) mass is 428 g/mol. The van der Waals surface area contributed by atoms with Gasteiger partial charge in [-0.3, -0.25) is 9.97 Å². The first-order valence-corrected chi connectivity index (χ1v) is 9.79. The minimum Gasteiger partial charge on any atom is -0.505 e. The summed E-state index contributed by atoms with van der Waals surface area (Å²) in [5.74, 6) is -0.220. The van der Waals surface area contributed by atoms with E-state index in [0.29, 0.717) is 38.0 Å². The van der Waals surface area contributed by atoms with Crippen LogP contribution in [0.5, 0.6) is 5.75 Å². The number of rotatable bonds is 4. The molecular formula is C22H15Cl3N2O. The second-order valence-corrected chi connectivity index (χ2v) is 7.61. The largest absolute Gasteiger partial charge is 0.505 e. The molecule has 0 saturated heterocycles. The van der Waals surface area contributed by atoms with Gasteiger partial charge in [0.1, 0.15) is 11.3 Å². The van der Waals surface area contributed by atoms with Crippen molar-refractivity contribution in [2.24, 2.45) is 0 Å². The Labute approximate surface area is 177 Å². The zero-order valence-electron chi connectivity index (χ0n) is 14.6. The fourth-order valence-electron chi connectivity index (χ4n) is 3.38. The van der Waals surface area contributed by atoms with Crippen LogP contribution >= 0.6 is 34.8 Å². The first kappa shape index (κ1) is 19.0. The van der Waals surface area contributed by atoms with E-state index >= 15 is 0 Å². The molecule has 0 aliphatic heterocycles. The minimum absolute atomic E-state index is 0.0805. The number of phenolic OH excluding ortho intramolecular Hbond substituents is 1. The van der Waals surface area contributed by atoms with E-state index in [1.54, 1.807) is 30.6 Å². The first-order chi connectivity index (χ1) is 13.6. The Morgan fingerprint density at radius 2 is 1.64 bits per heavy atom. The van der Waals surface area contributed by atoms with Gasteiger partial charge in [-0.25, -0.2) is 0 Å². The van der Waals surface area contributed by atoms with Gasteiger partial charge >= 0.3 is 0 Å². The predicted octanol–water partition coefficient (Wildman–Crippen LogP) is 6.67. The van der Waals surface area contributed by atoms with E-state index < -0.39 is 0 Å². The lowest BCUT2D eigenvalue weighted by Crippen LogP contribution is -2.08. The smallest absolute Gasteiger partial charge is 0.145 e. The molecule has 0 radical (unpaired) electrons. The lowest BCUT2D eigenvalue weighted by molar-refractivity contribution is 0.469. The number of phenols is 1. The summed E-state index contributed by atoms with van der Waals surface area (Å²) < 4.78 is 0. The van der Waals surface area contributed by atoms with Crippen molar-refractivity contribution in [1.82, 2.24) is 9.97 Å². The van der Waals surface area contributed by atoms with Gasteiger partial charge in [0.25, 0.3) is 0 Å². The summed E-state index contributed by atoms with van der Waals surface area (Å²) in [6.45, 7) is 0. The van der Waals surface area contributed by atoms with Crippen molar-refractivity contribution in [3.05, 3.63) is 98.9 Å². The number of fused-ring (bicyclic) bond motifs is 1. The van der Waals surface area contributed by atoms with Gasteiger partial charge in [0, 0.05) is 41.4 Å². The van der Waals surface area contributed by atoms with Crippen molar-refractivity contribution < 1.29 is 5.11 Å². The summed E-state index contributed by atoms with van der Waals surface area (Å²) in [6, 6.07) is 16.6. The maximum Gasteiger partial charge on any atom is 0.145 e. The molecule has 0 amide bonds. The van der Waals surface area contributed by atoms with E-state index in [-0.39, 0.29) is 11.7 Å². The highest BCUT2D eigenvalue weighted by Crippen LogP contribution is 2.43. The van der Waals surface area contributed by atoms with Crippen LogP contribution in [0.3, 0.4) is 0 Å². The van der Waals surface area contributed by atoms with Gasteiger partial charge in [-0.1, -0.05) is 53.0 Å². The van der Waals surface area contributed by atoms with Crippen LogP contribution in [0, 0.1) is 0 Å². The van der Waals surface area contributed by atoms with Gasteiger partial charge in [-0.2, -0.15) is 0 Å². The maximum atomic E-state index is 11.0. The molecule has 1 N–H and O–H groups in total. The highest BCUT2D eigenvalue weighted by molar-refractivity contribution is 6.42. The van der Waals surface area contributed by atoms with Crippen LogP contribution in [0.1, 0.15) is 22.7 Å². The summed E-state index contributed by atoms with van der Waals surface area (Å²) in [7, 11) is 0. The van der Waals surface area contributed by atoms with E-state index in [1.165, 1.54) is 0 Å². The maximum absolute atomic E-state index is 11.0. The highest BCUT2D eigenvalue weighted by Gasteiger charge is 2.25. The summed E-state index contributed by atoms with van der Waals surface area (Å²) >= 11 is 19.3. The number of hydrogen-bond donors (Lipinski definition) is 1. The fourth-order valence-corrected chi connectivity index (χ4v) is 4.09. The van der Waals surface area contributed by atoms with Gasteiger partial charge in [0.15, 0.2) is 0 Å². The average Bonchev–Trinajstić information content (AvgIpc) is 2.72. The van der Waals surface area contributed by atoms with E-state index in [4.69, 9.17) is 34.8 Å². The third-order valence-electron chi connectivity index (χ3n) is 4.72. The van der Waals surface area contributed by atoms with Crippen molar-refractivity contribution in [3.8, 4) is 5.75 Å². The fraction of sp³-hybridized carbons (Fsp3) is 0.0909. The quantitative estimate of drug-likeness (QED) is 0.394. The molecule has 0 aliphatic rings. The second-order valence-electron chi connectivity index (χ2n) is 6.42. The van der Waals surface area contributed by atoms with Gasteiger partial charge in [0.2, 0.25) is 0 Å². The minimum atomic E-state index is -0.301. The Bertz CT molecular complexity index is 1150. The molecule has 0 spiro atoms. The standard InChI is InChI=1S/C22H15Cl3N2O/c23-18-8-3-6-14(20(18)25)16(11-13-5-1-2-9-26-13)17-12-19(24)15-7-4-10-27-21(15)22(17)28/h1-10,12,16,28H,11H2. The summed E-state index contributed by atoms with van der Waals surface area (Å²) in [5, 5.41) is 13.1. The number of pyridine rings is 2. The van der Waals surface area contributed by atoms with Crippen molar-refractivity contribution in [3.63, 3.8) is 0 Å². The molecular weight excluding hydrogens is 415 g/mol. The van der Waals surface area contributed by atoms with Crippen LogP contribution in [-0.4, -0.2) is 15.1 Å². The molecule has 4 rings (SSSR count). The van der Waals surface area contributed by atoms with Gasteiger partial charge in [-0.05, 0) is 42.0 Å². The van der Waals surface area contributed by atoms with Gasteiger partial charge < -0.3 is 5.11 Å². The van der Waals surface area contributed by atoms with Crippen molar-refractivity contribution >= 4 is 45.7 Å². The molecule has 6 heteroatoms. The Morgan fingerprint density at radius 1 is 0.821 bits per heavy atom. The molecule has 2 aromatic carbocycles. The van der Waals surface area contributed by atoms with Crippen LogP contribution in [0.25, 0.3) is 10.9 Å². The number of hydrogen-bond acceptors (Lipinski definition) is 3. The molecule has 140 valence electrons. The Hall–Kier alpha value is -2.33. The number of halogens is 3. The lowest BCUT2D eigenvalue weighted by atomic mass is 9.86. The number of benzene rings is 2. The van der Waals surface area contributed by atoms with Crippen molar-refractivity contribution in [2.45, 2.75) is 12.3 Å². The molecule has 2 aromatic heterocycles. The van der Waals surface area contributed by atoms with Gasteiger partial charge in [-0.15, -0.1) is 0 Å². The van der Waals surface area contributed by atoms with E-state index in [9.17, 15) is 5.11 Å². The average molecular weight is 430 g/mol. The normalized spacial score (nSPS) is 12.2. The second kappa shape index (κ2) is 7.96. The topological polar surface area (TPSA) is 46.0 Å². The molecule has 4 aromatic rings. The third-order valence-corrected chi connectivity index (χ3v) is 5.86. The van der Waals surface area contributed by atoms with Gasteiger partial charge in [0.05, 0.1) is 15.1 Å². The van der Waals surface area contributed by atoms with Crippen LogP contribution < -0.4 is 0 Å². The van der Waals surface area contributed by atoms with E-state index in [2.05, 4.69) is 9.97 Å². The molecule has 0 bridgehead atoms. The molecule has 2 heterocycles. The molecule has 1 atom stereocenters. The predicted molar refractivity (Wildman–Crippen MR) is 115 cm³/mol. The van der Waals surface area contributed by atoms with E-state index in [0.717, 1.165) is 11.3 Å². The lowest BCUT2D eigenvalue weighted by Gasteiger charge is -2.22. The summed E-state index contributed by atoms with van der Waals surface area (Å²) in [4.78, 5) is 8.75. The van der Waals surface area contributed by atoms with Crippen LogP contribution in [0.4, 0.5) is 0 Å². The Kier molecular flexibility index (Phi) is 5.40. The third kappa shape index (κ3) is 3.53. The Balaban J connectivity index is 1.94. The molecule has 3 nitrogen and oxygen atoms in total. The SMILES string of the molecule is Oc1c(C(Cc2ccccn2)c2cccc(Cl)c2Cl)cc(Cl)c2cccnc12. The van der Waals surface area contributed by atoms with Crippen LogP contribution in [0.2, 0.25) is 15.1 Å². The van der Waals surface area contributed by atoms with Crippen molar-refractivity contribution in [1.29, 1.82) is 0 Å². The Morgan fingerprint density at radius 3 is 2.43 bits per heavy atom. The van der Waals surface area contributed by atoms with Crippen LogP contribution in [0.15, 0.2) is 67.0 Å². The number of aromatic nitrogens is 2. The molecule has 0 fully saturated rings. The van der Waals surface area contributed by atoms with Crippen molar-refractivity contribution in [2.75, 3.05) is 0 Å². The zero-order valence-corrected chi connectivity index (χ0v) is 16.9. The zero-order chi connectivity index (χ0) is 19.7. The first-order valence-electron chi connectivity index (χ1n) is 8.66.